The van der Waals surface area contributed by atoms with Gasteiger partial charge in [0.05, 0.1) is 17.3 Å². The van der Waals surface area contributed by atoms with Crippen LogP contribution in [0.25, 0.3) is 0 Å². The highest BCUT2D eigenvalue weighted by Crippen LogP contribution is 2.26. The highest BCUT2D eigenvalue weighted by atomic mass is 35.5. The molecule has 88 valence electrons. The van der Waals surface area contributed by atoms with Gasteiger partial charge in [0.2, 0.25) is 0 Å². The standard InChI is InChI=1S/C11H10ClFN4/c12-6-3-8(11(15)17-4-6)10(14)7-1-2-16-5-9(7)13/h1-5,10H,14H2,(H2,15,17). The smallest absolute Gasteiger partial charge is 0.146 e. The molecule has 1 unspecified atom stereocenters. The molecule has 0 aliphatic rings. The van der Waals surface area contributed by atoms with Crippen molar-refractivity contribution in [2.24, 2.45) is 5.73 Å². The minimum absolute atomic E-state index is 0.234. The average Bonchev–Trinajstić information content (AvgIpc) is 2.32. The lowest BCUT2D eigenvalue weighted by molar-refractivity contribution is 0.593. The summed E-state index contributed by atoms with van der Waals surface area (Å²) in [5, 5.41) is 0.402. The molecule has 0 amide bonds. The van der Waals surface area contributed by atoms with Crippen molar-refractivity contribution in [1.29, 1.82) is 0 Å². The Morgan fingerprint density at radius 1 is 1.29 bits per heavy atom. The SMILES string of the molecule is Nc1ncc(Cl)cc1C(N)c1ccncc1F. The molecule has 0 fully saturated rings. The Labute approximate surface area is 102 Å². The molecule has 0 bridgehead atoms. The molecule has 2 aromatic rings. The summed E-state index contributed by atoms with van der Waals surface area (Å²) in [4.78, 5) is 7.54. The molecular weight excluding hydrogens is 243 g/mol. The van der Waals surface area contributed by atoms with Gasteiger partial charge < -0.3 is 11.5 Å². The molecule has 4 N–H and O–H groups in total. The maximum Gasteiger partial charge on any atom is 0.146 e. The first-order chi connectivity index (χ1) is 8.09. The van der Waals surface area contributed by atoms with Gasteiger partial charge in [-0.25, -0.2) is 9.37 Å². The van der Waals surface area contributed by atoms with Crippen LogP contribution in [0, 0.1) is 5.82 Å². The monoisotopic (exact) mass is 252 g/mol. The van der Waals surface area contributed by atoms with E-state index >= 15 is 0 Å². The Morgan fingerprint density at radius 2 is 2.06 bits per heavy atom. The van der Waals surface area contributed by atoms with Gasteiger partial charge >= 0.3 is 0 Å². The van der Waals surface area contributed by atoms with Crippen molar-refractivity contribution in [2.45, 2.75) is 6.04 Å². The molecule has 4 nitrogen and oxygen atoms in total. The minimum Gasteiger partial charge on any atom is -0.383 e. The first-order valence-corrected chi connectivity index (χ1v) is 5.23. The molecule has 6 heteroatoms. The fraction of sp³-hybridized carbons (Fsp3) is 0.0909. The van der Waals surface area contributed by atoms with E-state index < -0.39 is 11.9 Å². The Kier molecular flexibility index (Phi) is 3.21. The number of aromatic nitrogens is 2. The summed E-state index contributed by atoms with van der Waals surface area (Å²) in [6, 6.07) is 2.36. The topological polar surface area (TPSA) is 77.8 Å². The summed E-state index contributed by atoms with van der Waals surface area (Å²) in [6.07, 6.45) is 3.98. The van der Waals surface area contributed by atoms with Gasteiger partial charge in [-0.3, -0.25) is 4.98 Å². The Bertz CT molecular complexity index is 547. The van der Waals surface area contributed by atoms with Crippen LogP contribution in [-0.4, -0.2) is 9.97 Å². The normalized spacial score (nSPS) is 12.4. The van der Waals surface area contributed by atoms with Crippen molar-refractivity contribution in [2.75, 3.05) is 5.73 Å². The van der Waals surface area contributed by atoms with E-state index in [4.69, 9.17) is 23.1 Å². The third-order valence-corrected chi connectivity index (χ3v) is 2.60. The van der Waals surface area contributed by atoms with E-state index in [2.05, 4.69) is 9.97 Å². The predicted octanol–water partition coefficient (Wildman–Crippen LogP) is 1.90. The van der Waals surface area contributed by atoms with Crippen molar-refractivity contribution in [3.8, 4) is 0 Å². The zero-order chi connectivity index (χ0) is 12.4. The second kappa shape index (κ2) is 4.65. The quantitative estimate of drug-likeness (QED) is 0.856. The molecule has 0 aromatic carbocycles. The van der Waals surface area contributed by atoms with Gasteiger partial charge in [-0.2, -0.15) is 0 Å². The maximum atomic E-state index is 13.5. The molecule has 2 heterocycles. The van der Waals surface area contributed by atoms with Crippen LogP contribution in [0.3, 0.4) is 0 Å². The molecule has 1 atom stereocenters. The Balaban J connectivity index is 2.47. The summed E-state index contributed by atoms with van der Waals surface area (Å²) in [7, 11) is 0. The number of pyridine rings is 2. The number of nitrogens with zero attached hydrogens (tertiary/aromatic N) is 2. The fourth-order valence-corrected chi connectivity index (χ4v) is 1.69. The highest BCUT2D eigenvalue weighted by Gasteiger charge is 2.16. The van der Waals surface area contributed by atoms with E-state index in [9.17, 15) is 4.39 Å². The van der Waals surface area contributed by atoms with Gasteiger partial charge in [-0.15, -0.1) is 0 Å². The number of nitrogens with two attached hydrogens (primary N) is 2. The molecule has 2 aromatic heterocycles. The molecule has 0 saturated carbocycles. The first kappa shape index (κ1) is 11.8. The second-order valence-corrected chi connectivity index (χ2v) is 3.94. The van der Waals surface area contributed by atoms with E-state index in [-0.39, 0.29) is 5.82 Å². The first-order valence-electron chi connectivity index (χ1n) is 4.85. The average molecular weight is 253 g/mol. The zero-order valence-electron chi connectivity index (χ0n) is 8.77. The molecule has 0 radical (unpaired) electrons. The molecule has 2 rings (SSSR count). The van der Waals surface area contributed by atoms with Gasteiger partial charge in [0, 0.05) is 23.5 Å². The predicted molar refractivity (Wildman–Crippen MR) is 63.9 cm³/mol. The van der Waals surface area contributed by atoms with Crippen molar-refractivity contribution in [3.63, 3.8) is 0 Å². The minimum atomic E-state index is -0.718. The van der Waals surface area contributed by atoms with Crippen LogP contribution < -0.4 is 11.5 Å². The number of hydrogen-bond donors (Lipinski definition) is 2. The molecule has 0 saturated heterocycles. The lowest BCUT2D eigenvalue weighted by Crippen LogP contribution is -2.16. The number of hydrogen-bond acceptors (Lipinski definition) is 4. The van der Waals surface area contributed by atoms with Crippen LogP contribution in [0.1, 0.15) is 17.2 Å². The van der Waals surface area contributed by atoms with Crippen molar-refractivity contribution < 1.29 is 4.39 Å². The van der Waals surface area contributed by atoms with E-state index in [1.165, 1.54) is 18.5 Å². The molecular formula is C11H10ClFN4. The van der Waals surface area contributed by atoms with E-state index in [1.54, 1.807) is 6.07 Å². The molecule has 0 aliphatic carbocycles. The Morgan fingerprint density at radius 3 is 2.76 bits per heavy atom. The van der Waals surface area contributed by atoms with Gasteiger partial charge in [-0.1, -0.05) is 11.6 Å². The van der Waals surface area contributed by atoms with Crippen LogP contribution in [0.2, 0.25) is 5.02 Å². The van der Waals surface area contributed by atoms with Crippen LogP contribution in [0.5, 0.6) is 0 Å². The van der Waals surface area contributed by atoms with Crippen LogP contribution in [-0.2, 0) is 0 Å². The Hall–Kier alpha value is -1.72. The number of nitrogen functional groups attached to an aromatic ring is 1. The van der Waals surface area contributed by atoms with Crippen molar-refractivity contribution in [1.82, 2.24) is 9.97 Å². The number of anilines is 1. The van der Waals surface area contributed by atoms with E-state index in [0.29, 0.717) is 16.1 Å². The van der Waals surface area contributed by atoms with E-state index in [1.807, 2.05) is 0 Å². The lowest BCUT2D eigenvalue weighted by atomic mass is 10.0. The molecule has 0 aliphatic heterocycles. The third-order valence-electron chi connectivity index (χ3n) is 2.39. The van der Waals surface area contributed by atoms with Crippen molar-refractivity contribution >= 4 is 17.4 Å². The summed E-state index contributed by atoms with van der Waals surface area (Å²) < 4.78 is 13.5. The fourth-order valence-electron chi connectivity index (χ4n) is 1.52. The number of rotatable bonds is 2. The molecule has 17 heavy (non-hydrogen) atoms. The highest BCUT2D eigenvalue weighted by molar-refractivity contribution is 6.30. The van der Waals surface area contributed by atoms with Crippen molar-refractivity contribution in [3.05, 3.63) is 52.7 Å². The van der Waals surface area contributed by atoms with Gasteiger partial charge in [0.1, 0.15) is 11.6 Å². The zero-order valence-corrected chi connectivity index (χ0v) is 9.53. The summed E-state index contributed by atoms with van der Waals surface area (Å²) >= 11 is 5.81. The lowest BCUT2D eigenvalue weighted by Gasteiger charge is -2.14. The van der Waals surface area contributed by atoms with Crippen LogP contribution >= 0.6 is 11.6 Å². The third kappa shape index (κ3) is 2.35. The maximum absolute atomic E-state index is 13.5. The van der Waals surface area contributed by atoms with Crippen LogP contribution in [0.15, 0.2) is 30.7 Å². The number of halogens is 2. The van der Waals surface area contributed by atoms with Gasteiger partial charge in [0.25, 0.3) is 0 Å². The van der Waals surface area contributed by atoms with Gasteiger partial charge in [0.15, 0.2) is 0 Å². The van der Waals surface area contributed by atoms with Gasteiger partial charge in [-0.05, 0) is 12.1 Å². The molecule has 0 spiro atoms. The summed E-state index contributed by atoms with van der Waals surface area (Å²) in [6.45, 7) is 0. The second-order valence-electron chi connectivity index (χ2n) is 3.50. The van der Waals surface area contributed by atoms with E-state index in [0.717, 1.165) is 6.20 Å². The summed E-state index contributed by atoms with van der Waals surface area (Å²) in [5.41, 5.74) is 12.4. The summed E-state index contributed by atoms with van der Waals surface area (Å²) in [5.74, 6) is -0.252. The van der Waals surface area contributed by atoms with Crippen LogP contribution in [0.4, 0.5) is 10.2 Å². The largest absolute Gasteiger partial charge is 0.383 e.